The summed E-state index contributed by atoms with van der Waals surface area (Å²) in [5, 5.41) is 8.25. The van der Waals surface area contributed by atoms with E-state index in [-0.39, 0.29) is 12.5 Å². The molecule has 8 nitrogen and oxygen atoms in total. The molecule has 4 rings (SSSR count). The highest BCUT2D eigenvalue weighted by molar-refractivity contribution is 6.05. The number of amides is 2. The zero-order chi connectivity index (χ0) is 27.5. The van der Waals surface area contributed by atoms with E-state index in [1.807, 2.05) is 36.4 Å². The lowest BCUT2D eigenvalue weighted by molar-refractivity contribution is -0.120. The van der Waals surface area contributed by atoms with E-state index >= 15 is 0 Å². The first-order chi connectivity index (χ1) is 19.0. The van der Waals surface area contributed by atoms with Gasteiger partial charge in [-0.2, -0.15) is 5.10 Å². The third-order valence-corrected chi connectivity index (χ3v) is 5.80. The number of fused-ring (bicyclic) bond motifs is 1. The van der Waals surface area contributed by atoms with E-state index in [1.165, 1.54) is 6.21 Å². The van der Waals surface area contributed by atoms with Gasteiger partial charge in [0.25, 0.3) is 11.8 Å². The Morgan fingerprint density at radius 2 is 1.56 bits per heavy atom. The molecule has 0 fully saturated rings. The molecule has 0 aliphatic heterocycles. The zero-order valence-corrected chi connectivity index (χ0v) is 21.6. The van der Waals surface area contributed by atoms with Crippen molar-refractivity contribution in [2.75, 3.05) is 13.2 Å². The predicted molar refractivity (Wildman–Crippen MR) is 150 cm³/mol. The molecule has 0 saturated carbocycles. The number of hydrogen-bond acceptors (Lipinski definition) is 6. The summed E-state index contributed by atoms with van der Waals surface area (Å²) in [7, 11) is 0. The van der Waals surface area contributed by atoms with Crippen molar-refractivity contribution in [2.45, 2.75) is 19.8 Å². The van der Waals surface area contributed by atoms with Crippen molar-refractivity contribution in [3.63, 3.8) is 0 Å². The molecule has 0 heterocycles. The summed E-state index contributed by atoms with van der Waals surface area (Å²) in [5.41, 5.74) is 3.97. The maximum Gasteiger partial charge on any atom is 0.344 e. The average molecular weight is 524 g/mol. The van der Waals surface area contributed by atoms with Crippen molar-refractivity contribution < 1.29 is 23.9 Å². The van der Waals surface area contributed by atoms with Crippen LogP contribution in [0.1, 0.15) is 46.0 Å². The fourth-order valence-electron chi connectivity index (χ4n) is 3.71. The molecule has 8 heteroatoms. The summed E-state index contributed by atoms with van der Waals surface area (Å²) < 4.78 is 11.1. The second-order valence-electron chi connectivity index (χ2n) is 8.69. The summed E-state index contributed by atoms with van der Waals surface area (Å²) in [4.78, 5) is 37.0. The maximum absolute atomic E-state index is 12.7. The fraction of sp³-hybridized carbons (Fsp3) is 0.161. The van der Waals surface area contributed by atoms with Gasteiger partial charge < -0.3 is 14.8 Å². The zero-order valence-electron chi connectivity index (χ0n) is 21.6. The van der Waals surface area contributed by atoms with E-state index in [4.69, 9.17) is 9.47 Å². The Hall–Kier alpha value is -4.98. The fourth-order valence-corrected chi connectivity index (χ4v) is 3.71. The molecule has 0 saturated heterocycles. The number of hydrogen-bond donors (Lipinski definition) is 2. The smallest absolute Gasteiger partial charge is 0.344 e. The highest BCUT2D eigenvalue weighted by Gasteiger charge is 2.12. The summed E-state index contributed by atoms with van der Waals surface area (Å²) in [5.74, 6) is -0.207. The van der Waals surface area contributed by atoms with Gasteiger partial charge in [0.1, 0.15) is 11.5 Å². The number of carbonyl (C=O) groups excluding carboxylic acids is 3. The quantitative estimate of drug-likeness (QED) is 0.0934. The van der Waals surface area contributed by atoms with Crippen LogP contribution in [0.2, 0.25) is 0 Å². The lowest BCUT2D eigenvalue weighted by atomic mass is 10.0. The molecule has 4 aromatic carbocycles. The van der Waals surface area contributed by atoms with E-state index in [2.05, 4.69) is 22.8 Å². The van der Waals surface area contributed by atoms with Crippen molar-refractivity contribution in [1.82, 2.24) is 10.7 Å². The largest absolute Gasteiger partial charge is 0.494 e. The van der Waals surface area contributed by atoms with Gasteiger partial charge >= 0.3 is 5.97 Å². The maximum atomic E-state index is 12.7. The third-order valence-electron chi connectivity index (χ3n) is 5.80. The van der Waals surface area contributed by atoms with Crippen LogP contribution in [0.15, 0.2) is 96.1 Å². The molecule has 0 aliphatic carbocycles. The molecule has 0 spiro atoms. The minimum Gasteiger partial charge on any atom is -0.494 e. The number of benzene rings is 4. The molecule has 0 atom stereocenters. The molecular weight excluding hydrogens is 494 g/mol. The number of rotatable bonds is 11. The van der Waals surface area contributed by atoms with Crippen LogP contribution in [-0.4, -0.2) is 37.1 Å². The van der Waals surface area contributed by atoms with Crippen LogP contribution in [0.4, 0.5) is 0 Å². The Bertz CT molecular complexity index is 1460. The van der Waals surface area contributed by atoms with E-state index < -0.39 is 11.9 Å². The Labute approximate surface area is 226 Å². The Kier molecular flexibility index (Phi) is 9.39. The number of unbranched alkanes of at least 4 members (excludes halogenated alkanes) is 1. The minimum absolute atomic E-state index is 0.228. The van der Waals surface area contributed by atoms with Crippen LogP contribution in [0.5, 0.6) is 11.5 Å². The van der Waals surface area contributed by atoms with Crippen LogP contribution < -0.4 is 20.2 Å². The minimum atomic E-state index is -0.472. The molecule has 198 valence electrons. The molecule has 4 aromatic rings. The second-order valence-corrected chi connectivity index (χ2v) is 8.69. The van der Waals surface area contributed by atoms with E-state index in [9.17, 15) is 14.4 Å². The molecule has 0 aliphatic rings. The monoisotopic (exact) mass is 523 g/mol. The van der Waals surface area contributed by atoms with Crippen molar-refractivity contribution >= 4 is 34.8 Å². The van der Waals surface area contributed by atoms with Crippen LogP contribution in [-0.2, 0) is 4.79 Å². The summed E-state index contributed by atoms with van der Waals surface area (Å²) in [6, 6.07) is 26.6. The first-order valence-corrected chi connectivity index (χ1v) is 12.7. The van der Waals surface area contributed by atoms with Crippen LogP contribution in [0.25, 0.3) is 10.8 Å². The topological polar surface area (TPSA) is 106 Å². The summed E-state index contributed by atoms with van der Waals surface area (Å²) >= 11 is 0. The lowest BCUT2D eigenvalue weighted by Gasteiger charge is -2.07. The van der Waals surface area contributed by atoms with Crippen LogP contribution in [0, 0.1) is 0 Å². The predicted octanol–water partition coefficient (Wildman–Crippen LogP) is 5.12. The van der Waals surface area contributed by atoms with Crippen LogP contribution >= 0.6 is 0 Å². The Balaban J connectivity index is 1.22. The van der Waals surface area contributed by atoms with Gasteiger partial charge in [-0.1, -0.05) is 49.7 Å². The van der Waals surface area contributed by atoms with Crippen molar-refractivity contribution in [3.8, 4) is 11.5 Å². The average Bonchev–Trinajstić information content (AvgIpc) is 2.97. The van der Waals surface area contributed by atoms with Gasteiger partial charge in [-0.25, -0.2) is 10.2 Å². The number of ether oxygens (including phenoxy) is 2. The van der Waals surface area contributed by atoms with Crippen molar-refractivity contribution in [2.24, 2.45) is 5.10 Å². The Morgan fingerprint density at radius 3 is 2.33 bits per heavy atom. The van der Waals surface area contributed by atoms with E-state index in [0.29, 0.717) is 34.8 Å². The molecular formula is C31H29N3O5. The molecule has 0 bridgehead atoms. The second kappa shape index (κ2) is 13.5. The third kappa shape index (κ3) is 7.75. The van der Waals surface area contributed by atoms with E-state index in [0.717, 1.165) is 23.6 Å². The van der Waals surface area contributed by atoms with Gasteiger partial charge in [0.05, 0.1) is 24.9 Å². The standard InChI is InChI=1S/C31H29N3O5/c1-2-3-19-38-25-17-13-24(14-18-25)30(36)32-21-29(35)34-33-20-22-11-15-26(16-12-22)39-31(37)28-10-6-8-23-7-4-5-9-27(23)28/h4-18,20H,2-3,19,21H2,1H3,(H,32,36)(H,34,35)/b33-20+. The van der Waals surface area contributed by atoms with Gasteiger partial charge in [-0.05, 0) is 77.4 Å². The highest BCUT2D eigenvalue weighted by Crippen LogP contribution is 2.21. The number of nitrogens with one attached hydrogen (secondary N) is 2. The van der Waals surface area contributed by atoms with Gasteiger partial charge in [0.2, 0.25) is 0 Å². The molecule has 39 heavy (non-hydrogen) atoms. The number of nitrogens with zero attached hydrogens (tertiary/aromatic N) is 1. The summed E-state index contributed by atoms with van der Waals surface area (Å²) in [6.45, 7) is 2.49. The summed E-state index contributed by atoms with van der Waals surface area (Å²) in [6.07, 6.45) is 3.46. The molecule has 2 N–H and O–H groups in total. The number of hydrazone groups is 1. The number of carbonyl (C=O) groups is 3. The molecule has 0 radical (unpaired) electrons. The highest BCUT2D eigenvalue weighted by atomic mass is 16.5. The first-order valence-electron chi connectivity index (χ1n) is 12.7. The van der Waals surface area contributed by atoms with Crippen molar-refractivity contribution in [3.05, 3.63) is 108 Å². The lowest BCUT2D eigenvalue weighted by Crippen LogP contribution is -2.34. The SMILES string of the molecule is CCCCOc1ccc(C(=O)NCC(=O)N/N=C/c2ccc(OC(=O)c3cccc4ccccc34)cc2)cc1. The first kappa shape index (κ1) is 27.1. The van der Waals surface area contributed by atoms with Gasteiger partial charge in [-0.3, -0.25) is 9.59 Å². The van der Waals surface area contributed by atoms with Gasteiger partial charge in [0, 0.05) is 5.56 Å². The van der Waals surface area contributed by atoms with E-state index in [1.54, 1.807) is 54.6 Å². The normalized spacial score (nSPS) is 10.8. The van der Waals surface area contributed by atoms with Crippen LogP contribution in [0.3, 0.4) is 0 Å². The molecule has 0 unspecified atom stereocenters. The molecule has 2 amide bonds. The van der Waals surface area contributed by atoms with Gasteiger partial charge in [0.15, 0.2) is 0 Å². The molecule has 0 aromatic heterocycles. The van der Waals surface area contributed by atoms with Gasteiger partial charge in [-0.15, -0.1) is 0 Å². The Morgan fingerprint density at radius 1 is 0.846 bits per heavy atom. The number of esters is 1. The van der Waals surface area contributed by atoms with Crippen molar-refractivity contribution in [1.29, 1.82) is 0 Å².